The van der Waals surface area contributed by atoms with Gasteiger partial charge in [0.15, 0.2) is 11.6 Å². The number of halogens is 1. The molecule has 106 valence electrons. The molecule has 0 spiro atoms. The number of nitrogens with one attached hydrogen (secondary N) is 1. The minimum Gasteiger partial charge on any atom is -0.308 e. The van der Waals surface area contributed by atoms with Crippen molar-refractivity contribution < 1.29 is 4.39 Å². The minimum absolute atomic E-state index is 0.330. The maximum Gasteiger partial charge on any atom is 0.166 e. The molecule has 0 amide bonds. The first-order valence-corrected chi connectivity index (χ1v) is 7.63. The van der Waals surface area contributed by atoms with Crippen LogP contribution in [0.15, 0.2) is 24.3 Å². The number of aromatic nitrogens is 2. The van der Waals surface area contributed by atoms with E-state index in [0.29, 0.717) is 17.2 Å². The summed E-state index contributed by atoms with van der Waals surface area (Å²) in [7, 11) is 0. The zero-order valence-electron chi connectivity index (χ0n) is 11.2. The summed E-state index contributed by atoms with van der Waals surface area (Å²) in [6.07, 6.45) is 3.28. The molecule has 2 heterocycles. The van der Waals surface area contributed by atoms with Crippen LogP contribution in [-0.2, 0) is 12.8 Å². The fourth-order valence-electron chi connectivity index (χ4n) is 2.86. The minimum atomic E-state index is -0.330. The number of hydrogen-bond acceptors (Lipinski definition) is 5. The van der Waals surface area contributed by atoms with Gasteiger partial charge in [-0.05, 0) is 37.0 Å². The van der Waals surface area contributed by atoms with E-state index in [1.165, 1.54) is 16.5 Å². The number of hydrogen-bond donors (Lipinski definition) is 2. The first-order valence-electron chi connectivity index (χ1n) is 6.81. The molecule has 4 rings (SSSR count). The second-order valence-corrected chi connectivity index (χ2v) is 6.14. The van der Waals surface area contributed by atoms with Crippen LogP contribution < -0.4 is 11.3 Å². The summed E-state index contributed by atoms with van der Waals surface area (Å²) in [4.78, 5) is 11.2. The van der Waals surface area contributed by atoms with E-state index >= 15 is 0 Å². The molecule has 0 fully saturated rings. The lowest BCUT2D eigenvalue weighted by Gasteiger charge is -2.07. The summed E-state index contributed by atoms with van der Waals surface area (Å²) >= 11 is 1.66. The Balaban J connectivity index is 1.99. The molecule has 6 heteroatoms. The van der Waals surface area contributed by atoms with E-state index in [1.807, 2.05) is 0 Å². The summed E-state index contributed by atoms with van der Waals surface area (Å²) < 4.78 is 13.9. The van der Waals surface area contributed by atoms with E-state index in [2.05, 4.69) is 15.4 Å². The molecule has 3 N–H and O–H groups in total. The molecule has 0 atom stereocenters. The monoisotopic (exact) mass is 300 g/mol. The van der Waals surface area contributed by atoms with Crippen LogP contribution in [0, 0.1) is 5.82 Å². The van der Waals surface area contributed by atoms with Gasteiger partial charge in [-0.3, -0.25) is 0 Å². The summed E-state index contributed by atoms with van der Waals surface area (Å²) in [5, 5.41) is 0.995. The fraction of sp³-hybridized carbons (Fsp3) is 0.200. The Kier molecular flexibility index (Phi) is 2.87. The van der Waals surface area contributed by atoms with Crippen molar-refractivity contribution in [1.82, 2.24) is 9.97 Å². The highest BCUT2D eigenvalue weighted by Crippen LogP contribution is 2.40. The Morgan fingerprint density at radius 2 is 2.05 bits per heavy atom. The second kappa shape index (κ2) is 4.75. The van der Waals surface area contributed by atoms with Crippen molar-refractivity contribution in [1.29, 1.82) is 0 Å². The number of hydrazine groups is 1. The average Bonchev–Trinajstić information content (AvgIpc) is 3.07. The predicted octanol–water partition coefficient (Wildman–Crippen LogP) is 3.27. The lowest BCUT2D eigenvalue weighted by Crippen LogP contribution is -2.10. The van der Waals surface area contributed by atoms with Gasteiger partial charge in [0.2, 0.25) is 0 Å². The van der Waals surface area contributed by atoms with Gasteiger partial charge >= 0.3 is 0 Å². The van der Waals surface area contributed by atoms with Crippen molar-refractivity contribution >= 4 is 27.4 Å². The average molecular weight is 300 g/mol. The van der Waals surface area contributed by atoms with Gasteiger partial charge in [-0.1, -0.05) is 12.1 Å². The fourth-order valence-corrected chi connectivity index (χ4v) is 4.12. The number of thiophene rings is 1. The van der Waals surface area contributed by atoms with Crippen LogP contribution in [0.3, 0.4) is 0 Å². The molecule has 0 saturated heterocycles. The van der Waals surface area contributed by atoms with E-state index in [4.69, 9.17) is 5.84 Å². The highest BCUT2D eigenvalue weighted by Gasteiger charge is 2.22. The predicted molar refractivity (Wildman–Crippen MR) is 82.6 cm³/mol. The maximum atomic E-state index is 13.9. The number of rotatable bonds is 2. The zero-order chi connectivity index (χ0) is 14.4. The molecule has 0 bridgehead atoms. The molecule has 0 radical (unpaired) electrons. The van der Waals surface area contributed by atoms with Gasteiger partial charge in [0, 0.05) is 4.88 Å². The van der Waals surface area contributed by atoms with Gasteiger partial charge in [-0.25, -0.2) is 20.2 Å². The molecule has 2 aromatic heterocycles. The Morgan fingerprint density at radius 3 is 2.86 bits per heavy atom. The molecule has 0 unspecified atom stereocenters. The van der Waals surface area contributed by atoms with Crippen LogP contribution in [0.2, 0.25) is 0 Å². The molecule has 1 aliphatic rings. The Bertz CT molecular complexity index is 843. The molecule has 3 aromatic rings. The standard InChI is InChI=1S/C15H13FN4S/c16-10-6-2-1-4-8(10)13-18-14(20-17)12-9-5-3-7-11(9)21-15(12)19-13/h1-2,4,6H,3,5,7,17H2,(H,18,19,20). The van der Waals surface area contributed by atoms with E-state index in [0.717, 1.165) is 29.5 Å². The van der Waals surface area contributed by atoms with Crippen LogP contribution in [0.4, 0.5) is 10.2 Å². The summed E-state index contributed by atoms with van der Waals surface area (Å²) in [5.74, 6) is 6.25. The quantitative estimate of drug-likeness (QED) is 0.563. The second-order valence-electron chi connectivity index (χ2n) is 5.06. The van der Waals surface area contributed by atoms with Crippen LogP contribution in [0.25, 0.3) is 21.6 Å². The first kappa shape index (κ1) is 12.7. The lowest BCUT2D eigenvalue weighted by atomic mass is 10.1. The first-order chi connectivity index (χ1) is 10.3. The van der Waals surface area contributed by atoms with Crippen LogP contribution in [-0.4, -0.2) is 9.97 Å². The normalized spacial score (nSPS) is 13.6. The highest BCUT2D eigenvalue weighted by atomic mass is 32.1. The van der Waals surface area contributed by atoms with Crippen molar-refractivity contribution in [2.75, 3.05) is 5.43 Å². The third-order valence-corrected chi connectivity index (χ3v) is 5.00. The summed E-state index contributed by atoms with van der Waals surface area (Å²) in [6, 6.07) is 6.51. The topological polar surface area (TPSA) is 63.8 Å². The van der Waals surface area contributed by atoms with Crippen LogP contribution >= 0.6 is 11.3 Å². The molecule has 4 nitrogen and oxygen atoms in total. The zero-order valence-corrected chi connectivity index (χ0v) is 12.0. The molecule has 1 aromatic carbocycles. The van der Waals surface area contributed by atoms with Crippen molar-refractivity contribution in [2.24, 2.45) is 5.84 Å². The SMILES string of the molecule is NNc1nc(-c2ccccc2F)nc2sc3c(c12)CCC3. The summed E-state index contributed by atoms with van der Waals surface area (Å²) in [6.45, 7) is 0. The number of aryl methyl sites for hydroxylation is 2. The molecular formula is C15H13FN4S. The number of nitrogens with two attached hydrogens (primary N) is 1. The number of nitrogens with zero attached hydrogens (tertiary/aromatic N) is 2. The Hall–Kier alpha value is -2.05. The van der Waals surface area contributed by atoms with Crippen LogP contribution in [0.1, 0.15) is 16.9 Å². The maximum absolute atomic E-state index is 13.9. The van der Waals surface area contributed by atoms with Gasteiger partial charge in [0.05, 0.1) is 10.9 Å². The van der Waals surface area contributed by atoms with E-state index in [1.54, 1.807) is 29.5 Å². The van der Waals surface area contributed by atoms with Crippen molar-refractivity contribution in [3.05, 3.63) is 40.5 Å². The number of anilines is 1. The molecule has 0 aliphatic heterocycles. The largest absolute Gasteiger partial charge is 0.308 e. The van der Waals surface area contributed by atoms with Crippen molar-refractivity contribution in [2.45, 2.75) is 19.3 Å². The summed E-state index contributed by atoms with van der Waals surface area (Å²) in [5.41, 5.74) is 4.34. The van der Waals surface area contributed by atoms with Gasteiger partial charge in [-0.15, -0.1) is 11.3 Å². The molecule has 1 aliphatic carbocycles. The van der Waals surface area contributed by atoms with Crippen molar-refractivity contribution in [3.63, 3.8) is 0 Å². The Labute approximate surface area is 124 Å². The van der Waals surface area contributed by atoms with Gasteiger partial charge in [0.1, 0.15) is 10.6 Å². The van der Waals surface area contributed by atoms with Gasteiger partial charge < -0.3 is 5.43 Å². The lowest BCUT2D eigenvalue weighted by molar-refractivity contribution is 0.630. The smallest absolute Gasteiger partial charge is 0.166 e. The third kappa shape index (κ3) is 1.91. The van der Waals surface area contributed by atoms with E-state index < -0.39 is 0 Å². The van der Waals surface area contributed by atoms with Gasteiger partial charge in [-0.2, -0.15) is 0 Å². The third-order valence-electron chi connectivity index (χ3n) is 3.82. The Morgan fingerprint density at radius 1 is 1.19 bits per heavy atom. The molecule has 0 saturated carbocycles. The number of benzene rings is 1. The van der Waals surface area contributed by atoms with E-state index in [-0.39, 0.29) is 5.82 Å². The highest BCUT2D eigenvalue weighted by molar-refractivity contribution is 7.19. The number of fused-ring (bicyclic) bond motifs is 3. The number of nitrogen functional groups attached to an aromatic ring is 1. The van der Waals surface area contributed by atoms with E-state index in [9.17, 15) is 4.39 Å². The molecule has 21 heavy (non-hydrogen) atoms. The van der Waals surface area contributed by atoms with Crippen molar-refractivity contribution in [3.8, 4) is 11.4 Å². The molecular weight excluding hydrogens is 287 g/mol. The van der Waals surface area contributed by atoms with Crippen LogP contribution in [0.5, 0.6) is 0 Å². The van der Waals surface area contributed by atoms with Gasteiger partial charge in [0.25, 0.3) is 0 Å².